The number of methoxy groups -OCH3 is 1. The maximum atomic E-state index is 13.8. The number of allylic oxidation sites excluding steroid dienone is 1. The molecule has 10 nitrogen and oxygen atoms in total. The Morgan fingerprint density at radius 3 is 2.67 bits per heavy atom. The zero-order valence-corrected chi connectivity index (χ0v) is 21.6. The van der Waals surface area contributed by atoms with Crippen LogP contribution in [0.4, 0.5) is 0 Å². The van der Waals surface area contributed by atoms with E-state index in [0.717, 1.165) is 0 Å². The molecule has 5 rings (SSSR count). The van der Waals surface area contributed by atoms with Crippen molar-refractivity contribution in [2.24, 2.45) is 4.99 Å². The number of imidazole rings is 1. The van der Waals surface area contributed by atoms with Crippen molar-refractivity contribution in [2.75, 3.05) is 13.7 Å². The first-order valence-corrected chi connectivity index (χ1v) is 12.4. The van der Waals surface area contributed by atoms with E-state index in [1.165, 1.54) is 10.6 Å². The molecule has 2 aromatic carbocycles. The van der Waals surface area contributed by atoms with E-state index in [1.54, 1.807) is 62.6 Å². The third-order valence-corrected chi connectivity index (χ3v) is 6.57. The van der Waals surface area contributed by atoms with E-state index in [2.05, 4.69) is 20.3 Å². The Morgan fingerprint density at radius 1 is 1.13 bits per heavy atom. The van der Waals surface area contributed by atoms with Crippen LogP contribution in [0.1, 0.15) is 41.5 Å². The number of aromatic carboxylic acids is 1. The largest absolute Gasteiger partial charge is 0.497 e. The molecule has 1 unspecified atom stereocenters. The first kappa shape index (κ1) is 25.5. The topological polar surface area (TPSA) is 142 Å². The molecule has 2 aromatic heterocycles. The Kier molecular flexibility index (Phi) is 6.76. The number of likely N-dealkylation sites (N-methyl/N-ethyl adjacent to an activating group) is 1. The number of carboxylic acid groups (broad SMARTS) is 1. The maximum absolute atomic E-state index is 13.8. The first-order chi connectivity index (χ1) is 18.8. The summed E-state index contributed by atoms with van der Waals surface area (Å²) in [6.07, 6.45) is 1.64. The number of nitrogens with one attached hydrogen (secondary N) is 3. The molecular formula is C29H27N5O5. The number of aromatic nitrogens is 3. The number of amides is 1. The fraction of sp³-hybridized carbons (Fsp3) is 0.172. The smallest absolute Gasteiger partial charge is 0.336 e. The van der Waals surface area contributed by atoms with E-state index < -0.39 is 12.0 Å². The molecule has 4 aromatic rings. The van der Waals surface area contributed by atoms with Gasteiger partial charge in [-0.05, 0) is 55.8 Å². The lowest BCUT2D eigenvalue weighted by Gasteiger charge is -2.25. The van der Waals surface area contributed by atoms with E-state index in [4.69, 9.17) is 4.74 Å². The van der Waals surface area contributed by atoms with Gasteiger partial charge in [-0.25, -0.2) is 9.79 Å². The van der Waals surface area contributed by atoms with E-state index in [-0.39, 0.29) is 22.4 Å². The number of carbonyl (C=O) groups is 2. The van der Waals surface area contributed by atoms with Gasteiger partial charge in [0.1, 0.15) is 11.1 Å². The average Bonchev–Trinajstić information content (AvgIpc) is 3.52. The summed E-state index contributed by atoms with van der Waals surface area (Å²) < 4.78 is 6.87. The molecule has 0 saturated heterocycles. The molecule has 4 N–H and O–H groups in total. The van der Waals surface area contributed by atoms with Gasteiger partial charge in [0.25, 0.3) is 11.5 Å². The van der Waals surface area contributed by atoms with Crippen molar-refractivity contribution in [2.45, 2.75) is 19.9 Å². The molecule has 1 atom stereocenters. The molecule has 0 aliphatic carbocycles. The Balaban J connectivity index is 1.65. The van der Waals surface area contributed by atoms with Crippen LogP contribution in [0.25, 0.3) is 17.3 Å². The number of carboxylic acids is 1. The number of fused-ring (bicyclic) bond motifs is 1. The summed E-state index contributed by atoms with van der Waals surface area (Å²) in [6, 6.07) is 16.7. The molecule has 0 saturated carbocycles. The van der Waals surface area contributed by atoms with Gasteiger partial charge in [-0.3, -0.25) is 14.2 Å². The standard InChI is InChI=1S/C29H27N5O5/c1-4-30-26(35)24-16(2)31-29-33-23(27(36)34(29)25(24)17-8-7-9-19(14-17)39-3)15-18-12-13-22(32-18)20-10-5-6-11-21(20)28(37)38/h5-15,25,32H,4H2,1-3H3,(H,30,35)(H,31,33)(H,37,38). The molecule has 1 aliphatic rings. The average molecular weight is 526 g/mol. The molecule has 0 spiro atoms. The van der Waals surface area contributed by atoms with Crippen LogP contribution in [0.3, 0.4) is 0 Å². The van der Waals surface area contributed by atoms with Crippen LogP contribution in [0.15, 0.2) is 81.7 Å². The van der Waals surface area contributed by atoms with Gasteiger partial charge in [0, 0.05) is 23.5 Å². The van der Waals surface area contributed by atoms with Crippen molar-refractivity contribution in [3.63, 3.8) is 0 Å². The van der Waals surface area contributed by atoms with Crippen LogP contribution in [-0.2, 0) is 4.79 Å². The molecule has 0 radical (unpaired) electrons. The number of H-pyrrole nitrogens is 2. The number of ether oxygens (including phenoxy) is 1. The Morgan fingerprint density at radius 2 is 1.92 bits per heavy atom. The van der Waals surface area contributed by atoms with Crippen LogP contribution >= 0.6 is 0 Å². The van der Waals surface area contributed by atoms with Crippen molar-refractivity contribution < 1.29 is 19.4 Å². The Bertz CT molecular complexity index is 1810. The van der Waals surface area contributed by atoms with Gasteiger partial charge < -0.3 is 25.1 Å². The zero-order valence-electron chi connectivity index (χ0n) is 21.6. The summed E-state index contributed by atoms with van der Waals surface area (Å²) in [5.74, 6) is -0.737. The molecule has 10 heteroatoms. The van der Waals surface area contributed by atoms with Gasteiger partial charge in [0.05, 0.1) is 30.0 Å². The van der Waals surface area contributed by atoms with Gasteiger partial charge in [-0.15, -0.1) is 0 Å². The van der Waals surface area contributed by atoms with Crippen LogP contribution in [0.2, 0.25) is 0 Å². The molecule has 3 heterocycles. The lowest BCUT2D eigenvalue weighted by atomic mass is 9.95. The molecule has 0 fully saturated rings. The lowest BCUT2D eigenvalue weighted by molar-refractivity contribution is -0.117. The molecule has 198 valence electrons. The van der Waals surface area contributed by atoms with Gasteiger partial charge in [0.2, 0.25) is 5.62 Å². The Labute approximate surface area is 223 Å². The summed E-state index contributed by atoms with van der Waals surface area (Å²) in [4.78, 5) is 49.4. The zero-order chi connectivity index (χ0) is 27.7. The fourth-order valence-electron chi connectivity index (χ4n) is 4.81. The second-order valence-corrected chi connectivity index (χ2v) is 9.01. The van der Waals surface area contributed by atoms with Crippen molar-refractivity contribution in [1.29, 1.82) is 0 Å². The summed E-state index contributed by atoms with van der Waals surface area (Å²) in [5.41, 5.74) is 3.41. The van der Waals surface area contributed by atoms with E-state index in [0.29, 0.717) is 51.7 Å². The minimum Gasteiger partial charge on any atom is -0.497 e. The van der Waals surface area contributed by atoms with E-state index >= 15 is 0 Å². The highest BCUT2D eigenvalue weighted by atomic mass is 16.5. The van der Waals surface area contributed by atoms with Crippen LogP contribution < -0.4 is 26.6 Å². The highest BCUT2D eigenvalue weighted by Crippen LogP contribution is 2.31. The van der Waals surface area contributed by atoms with Crippen molar-refractivity contribution in [1.82, 2.24) is 19.9 Å². The monoisotopic (exact) mass is 525 g/mol. The Hall–Kier alpha value is -5.12. The fourth-order valence-corrected chi connectivity index (χ4v) is 4.81. The van der Waals surface area contributed by atoms with E-state index in [9.17, 15) is 19.5 Å². The summed E-state index contributed by atoms with van der Waals surface area (Å²) in [7, 11) is 1.56. The number of aromatic amines is 2. The van der Waals surface area contributed by atoms with Crippen LogP contribution in [0, 0.1) is 0 Å². The third kappa shape index (κ3) is 4.68. The number of carbonyl (C=O) groups excluding carboxylic acids is 1. The summed E-state index contributed by atoms with van der Waals surface area (Å²) in [6.45, 7) is 4.00. The number of benzene rings is 2. The SMILES string of the molecule is CCNC(=O)C1=C(C)N=c2[nH]c(=Cc3ccc(-c4ccccc4C(=O)O)[nH]3)c(=O)n2C1c1cccc(OC)c1. The number of hydrogen-bond donors (Lipinski definition) is 4. The number of hydrogen-bond acceptors (Lipinski definition) is 5. The minimum absolute atomic E-state index is 0.167. The normalized spacial score (nSPS) is 15.1. The molecule has 0 bridgehead atoms. The molecular weight excluding hydrogens is 498 g/mol. The van der Waals surface area contributed by atoms with Gasteiger partial charge in [0.15, 0.2) is 0 Å². The first-order valence-electron chi connectivity index (χ1n) is 12.4. The van der Waals surface area contributed by atoms with Crippen LogP contribution in [0.5, 0.6) is 5.75 Å². The number of rotatable bonds is 7. The summed E-state index contributed by atoms with van der Waals surface area (Å²) >= 11 is 0. The predicted molar refractivity (Wildman–Crippen MR) is 145 cm³/mol. The maximum Gasteiger partial charge on any atom is 0.336 e. The van der Waals surface area contributed by atoms with Gasteiger partial charge in [-0.2, -0.15) is 0 Å². The lowest BCUT2D eigenvalue weighted by Crippen LogP contribution is -2.41. The van der Waals surface area contributed by atoms with Crippen molar-refractivity contribution in [3.05, 3.63) is 110 Å². The van der Waals surface area contributed by atoms with Gasteiger partial charge in [-0.1, -0.05) is 30.3 Å². The minimum atomic E-state index is -1.03. The number of nitrogens with zero attached hydrogens (tertiary/aromatic N) is 2. The van der Waals surface area contributed by atoms with E-state index in [1.807, 2.05) is 19.1 Å². The predicted octanol–water partition coefficient (Wildman–Crippen LogP) is 2.34. The molecule has 1 amide bonds. The summed E-state index contributed by atoms with van der Waals surface area (Å²) in [5, 5.41) is 12.6. The highest BCUT2D eigenvalue weighted by Gasteiger charge is 2.32. The second kappa shape index (κ2) is 10.3. The van der Waals surface area contributed by atoms with Crippen molar-refractivity contribution in [3.8, 4) is 17.0 Å². The molecule has 1 aliphatic heterocycles. The molecule has 39 heavy (non-hydrogen) atoms. The quantitative estimate of drug-likeness (QED) is 0.293. The van der Waals surface area contributed by atoms with Crippen molar-refractivity contribution >= 4 is 18.0 Å². The highest BCUT2D eigenvalue weighted by molar-refractivity contribution is 5.96. The third-order valence-electron chi connectivity index (χ3n) is 6.57. The second-order valence-electron chi connectivity index (χ2n) is 9.01. The van der Waals surface area contributed by atoms with Crippen LogP contribution in [-0.4, -0.2) is 45.2 Å². The van der Waals surface area contributed by atoms with Gasteiger partial charge >= 0.3 is 5.97 Å².